The van der Waals surface area contributed by atoms with Crippen LogP contribution in [0.2, 0.25) is 0 Å². The summed E-state index contributed by atoms with van der Waals surface area (Å²) in [4.78, 5) is 3.52. The highest BCUT2D eigenvalue weighted by Crippen LogP contribution is 2.29. The maximum Gasteiger partial charge on any atom is 0.193 e. The summed E-state index contributed by atoms with van der Waals surface area (Å²) in [7, 11) is 1.27. The molecular weight excluding hydrogens is 226 g/mol. The lowest BCUT2D eigenvalue weighted by Gasteiger charge is -2.05. The van der Waals surface area contributed by atoms with E-state index in [1.165, 1.54) is 13.2 Å². The summed E-state index contributed by atoms with van der Waals surface area (Å²) in [6.45, 7) is 0. The van der Waals surface area contributed by atoms with Crippen molar-refractivity contribution in [1.82, 2.24) is 0 Å². The number of nitrogens with zero attached hydrogens (tertiary/aromatic N) is 1. The van der Waals surface area contributed by atoms with Gasteiger partial charge in [-0.05, 0) is 12.1 Å². The van der Waals surface area contributed by atoms with Gasteiger partial charge in [-0.15, -0.1) is 11.6 Å². The number of nitrogens with two attached hydrogens (primary N) is 1. The molecule has 1 rings (SSSR count). The van der Waals surface area contributed by atoms with Crippen LogP contribution in [0.3, 0.4) is 0 Å². The molecule has 0 aromatic heterocycles. The Labute approximate surface area is 90.5 Å². The van der Waals surface area contributed by atoms with Gasteiger partial charge in [-0.1, -0.05) is 0 Å². The van der Waals surface area contributed by atoms with Gasteiger partial charge in [-0.2, -0.15) is 0 Å². The number of hydrogen-bond acceptors (Lipinski definition) is 2. The van der Waals surface area contributed by atoms with Crippen molar-refractivity contribution < 1.29 is 13.5 Å². The number of methoxy groups -OCH3 is 1. The van der Waals surface area contributed by atoms with Gasteiger partial charge in [-0.3, -0.25) is 0 Å². The van der Waals surface area contributed by atoms with E-state index in [0.717, 1.165) is 6.07 Å². The number of benzene rings is 1. The van der Waals surface area contributed by atoms with Gasteiger partial charge in [0.25, 0.3) is 0 Å². The normalized spacial score (nSPS) is 11.6. The van der Waals surface area contributed by atoms with Gasteiger partial charge >= 0.3 is 0 Å². The number of ether oxygens (including phenoxy) is 1. The molecule has 0 fully saturated rings. The molecule has 0 radical (unpaired) electrons. The molecule has 0 spiro atoms. The number of rotatable bonds is 3. The van der Waals surface area contributed by atoms with Crippen LogP contribution in [0.5, 0.6) is 5.75 Å². The first-order valence-electron chi connectivity index (χ1n) is 4.01. The fourth-order valence-electron chi connectivity index (χ4n) is 0.956. The monoisotopic (exact) mass is 234 g/mol. The first-order chi connectivity index (χ1) is 7.10. The molecule has 3 nitrogen and oxygen atoms in total. The van der Waals surface area contributed by atoms with E-state index >= 15 is 0 Å². The highest BCUT2D eigenvalue weighted by Gasteiger charge is 2.13. The Kier molecular flexibility index (Phi) is 3.85. The Bertz CT molecular complexity index is 396. The molecule has 82 valence electrons. The van der Waals surface area contributed by atoms with Gasteiger partial charge in [0.2, 0.25) is 0 Å². The molecule has 0 amide bonds. The quantitative estimate of drug-likeness (QED) is 0.495. The lowest BCUT2D eigenvalue weighted by Crippen LogP contribution is -2.12. The van der Waals surface area contributed by atoms with Gasteiger partial charge in [0, 0.05) is 0 Å². The van der Waals surface area contributed by atoms with Crippen molar-refractivity contribution in [2.75, 3.05) is 13.0 Å². The largest absolute Gasteiger partial charge is 0.494 e. The van der Waals surface area contributed by atoms with Gasteiger partial charge in [0.15, 0.2) is 17.4 Å². The topological polar surface area (TPSA) is 47.6 Å². The molecule has 15 heavy (non-hydrogen) atoms. The molecule has 0 unspecified atom stereocenters. The van der Waals surface area contributed by atoms with Crippen LogP contribution in [0.25, 0.3) is 0 Å². The minimum Gasteiger partial charge on any atom is -0.494 e. The summed E-state index contributed by atoms with van der Waals surface area (Å²) in [6, 6.07) is 2.21. The van der Waals surface area contributed by atoms with Crippen molar-refractivity contribution in [3.8, 4) is 5.75 Å². The van der Waals surface area contributed by atoms with E-state index < -0.39 is 17.3 Å². The Hall–Kier alpha value is -1.36. The Morgan fingerprint density at radius 2 is 2.20 bits per heavy atom. The zero-order valence-electron chi connectivity index (χ0n) is 7.93. The van der Waals surface area contributed by atoms with Gasteiger partial charge < -0.3 is 10.5 Å². The highest BCUT2D eigenvalue weighted by atomic mass is 35.5. The van der Waals surface area contributed by atoms with E-state index in [2.05, 4.69) is 9.73 Å². The van der Waals surface area contributed by atoms with Crippen LogP contribution < -0.4 is 10.5 Å². The van der Waals surface area contributed by atoms with Crippen molar-refractivity contribution in [3.05, 3.63) is 23.8 Å². The fourth-order valence-corrected chi connectivity index (χ4v) is 1.02. The molecule has 0 aliphatic rings. The van der Waals surface area contributed by atoms with Crippen LogP contribution in [0.15, 0.2) is 17.1 Å². The lowest BCUT2D eigenvalue weighted by molar-refractivity contribution is 0.385. The van der Waals surface area contributed by atoms with Crippen molar-refractivity contribution in [1.29, 1.82) is 0 Å². The van der Waals surface area contributed by atoms with E-state index in [4.69, 9.17) is 17.3 Å². The molecule has 0 atom stereocenters. The average Bonchev–Trinajstić information content (AvgIpc) is 2.24. The number of halogens is 3. The molecule has 1 aromatic rings. The van der Waals surface area contributed by atoms with Crippen LogP contribution in [0.1, 0.15) is 0 Å². The van der Waals surface area contributed by atoms with Crippen LogP contribution in [0.4, 0.5) is 14.5 Å². The Balaban J connectivity index is 3.27. The highest BCUT2D eigenvalue weighted by molar-refractivity contribution is 6.28. The molecule has 0 heterocycles. The summed E-state index contributed by atoms with van der Waals surface area (Å²) >= 11 is 5.35. The van der Waals surface area contributed by atoms with E-state index in [1.54, 1.807) is 0 Å². The summed E-state index contributed by atoms with van der Waals surface area (Å²) in [5, 5.41) is 0. The summed E-state index contributed by atoms with van der Waals surface area (Å²) in [6.07, 6.45) is 0. The van der Waals surface area contributed by atoms with E-state index in [-0.39, 0.29) is 17.5 Å². The molecule has 1 aromatic carbocycles. The molecule has 0 aliphatic carbocycles. The number of aliphatic imine (C=N–C) groups is 1. The van der Waals surface area contributed by atoms with Gasteiger partial charge in [0.1, 0.15) is 11.5 Å². The zero-order valence-corrected chi connectivity index (χ0v) is 8.68. The number of alkyl halides is 1. The van der Waals surface area contributed by atoms with Crippen molar-refractivity contribution >= 4 is 23.1 Å². The predicted octanol–water partition coefficient (Wildman–Crippen LogP) is 2.20. The van der Waals surface area contributed by atoms with Crippen LogP contribution in [-0.4, -0.2) is 18.8 Å². The third kappa shape index (κ3) is 2.56. The second-order valence-electron chi connectivity index (χ2n) is 2.65. The van der Waals surface area contributed by atoms with Gasteiger partial charge in [0.05, 0.1) is 13.0 Å². The van der Waals surface area contributed by atoms with Crippen LogP contribution >= 0.6 is 11.6 Å². The second kappa shape index (κ2) is 4.93. The molecular formula is C9H9ClF2N2O. The third-order valence-electron chi connectivity index (χ3n) is 1.64. The lowest BCUT2D eigenvalue weighted by atomic mass is 10.2. The minimum atomic E-state index is -0.898. The summed E-state index contributed by atoms with van der Waals surface area (Å²) < 4.78 is 31.3. The first kappa shape index (κ1) is 11.7. The van der Waals surface area contributed by atoms with Crippen molar-refractivity contribution in [3.63, 3.8) is 0 Å². The summed E-state index contributed by atoms with van der Waals surface area (Å²) in [5.74, 6) is -1.98. The van der Waals surface area contributed by atoms with Gasteiger partial charge in [-0.25, -0.2) is 13.8 Å². The second-order valence-corrected chi connectivity index (χ2v) is 2.92. The fraction of sp³-hybridized carbons (Fsp3) is 0.222. The SMILES string of the molecule is COc1ccc(F)c(N=C(N)CCl)c1F. The Morgan fingerprint density at radius 3 is 2.73 bits per heavy atom. The van der Waals surface area contributed by atoms with E-state index in [1.807, 2.05) is 0 Å². The van der Waals surface area contributed by atoms with E-state index in [9.17, 15) is 8.78 Å². The third-order valence-corrected chi connectivity index (χ3v) is 1.92. The maximum absolute atomic E-state index is 13.5. The number of amidine groups is 1. The maximum atomic E-state index is 13.5. The van der Waals surface area contributed by atoms with Crippen molar-refractivity contribution in [2.24, 2.45) is 10.7 Å². The molecule has 6 heteroatoms. The first-order valence-corrected chi connectivity index (χ1v) is 4.54. The standard InChI is InChI=1S/C9H9ClF2N2O/c1-15-6-3-2-5(11)9(8(6)12)14-7(13)4-10/h2-3H,4H2,1H3,(H2,13,14). The van der Waals surface area contributed by atoms with Crippen LogP contribution in [-0.2, 0) is 0 Å². The van der Waals surface area contributed by atoms with Crippen LogP contribution in [0, 0.1) is 11.6 Å². The van der Waals surface area contributed by atoms with Crippen molar-refractivity contribution in [2.45, 2.75) is 0 Å². The molecule has 0 saturated heterocycles. The average molecular weight is 235 g/mol. The van der Waals surface area contributed by atoms with E-state index in [0.29, 0.717) is 0 Å². The number of hydrogen-bond donors (Lipinski definition) is 1. The Morgan fingerprint density at radius 1 is 1.53 bits per heavy atom. The molecule has 0 aliphatic heterocycles. The molecule has 2 N–H and O–H groups in total. The smallest absolute Gasteiger partial charge is 0.193 e. The molecule has 0 bridgehead atoms. The summed E-state index contributed by atoms with van der Waals surface area (Å²) in [5.41, 5.74) is 4.79. The zero-order chi connectivity index (χ0) is 11.4. The predicted molar refractivity (Wildman–Crippen MR) is 54.9 cm³/mol. The minimum absolute atomic E-state index is 0.0669. The molecule has 0 saturated carbocycles.